The Labute approximate surface area is 192 Å². The first-order chi connectivity index (χ1) is 15.8. The van der Waals surface area contributed by atoms with E-state index in [0.29, 0.717) is 28.2 Å². The van der Waals surface area contributed by atoms with Gasteiger partial charge in [0.1, 0.15) is 12.4 Å². The molecule has 0 spiro atoms. The molecule has 0 bridgehead atoms. The smallest absolute Gasteiger partial charge is 0.283 e. The lowest BCUT2D eigenvalue weighted by molar-refractivity contribution is -0.111. The molecule has 0 saturated heterocycles. The number of benzene rings is 3. The molecule has 1 aliphatic heterocycles. The van der Waals surface area contributed by atoms with Gasteiger partial charge >= 0.3 is 0 Å². The van der Waals surface area contributed by atoms with Crippen molar-refractivity contribution < 1.29 is 14.3 Å². The molecule has 1 amide bonds. The van der Waals surface area contributed by atoms with Gasteiger partial charge in [0, 0.05) is 11.3 Å². The van der Waals surface area contributed by atoms with Gasteiger partial charge in [-0.15, -0.1) is 0 Å². The summed E-state index contributed by atoms with van der Waals surface area (Å²) in [7, 11) is 0. The summed E-state index contributed by atoms with van der Waals surface area (Å²) in [4.78, 5) is 15.0. The van der Waals surface area contributed by atoms with Crippen LogP contribution in [0.1, 0.15) is 41.7 Å². The van der Waals surface area contributed by atoms with Crippen molar-refractivity contribution in [3.63, 3.8) is 0 Å². The molecule has 1 heterocycles. The molecular formula is C27H26FN3O2. The van der Waals surface area contributed by atoms with Crippen LogP contribution in [0, 0.1) is 13.8 Å². The number of phenolic OH excluding ortho intramolecular Hbond substituents is 1. The summed E-state index contributed by atoms with van der Waals surface area (Å²) in [6.07, 6.45) is 1.95. The summed E-state index contributed by atoms with van der Waals surface area (Å²) >= 11 is 0. The Morgan fingerprint density at radius 3 is 2.52 bits per heavy atom. The largest absolute Gasteiger partial charge is 0.506 e. The molecule has 1 aliphatic rings. The second kappa shape index (κ2) is 8.90. The third-order valence-corrected chi connectivity index (χ3v) is 5.63. The molecule has 0 radical (unpaired) electrons. The van der Waals surface area contributed by atoms with Crippen molar-refractivity contribution in [1.29, 1.82) is 0 Å². The maximum absolute atomic E-state index is 13.4. The van der Waals surface area contributed by atoms with Crippen LogP contribution < -0.4 is 10.3 Å². The molecule has 33 heavy (non-hydrogen) atoms. The second-order valence-corrected chi connectivity index (χ2v) is 8.46. The van der Waals surface area contributed by atoms with Crippen LogP contribution in [-0.2, 0) is 11.5 Å². The average molecular weight is 444 g/mol. The van der Waals surface area contributed by atoms with Gasteiger partial charge in [-0.05, 0) is 80.3 Å². The predicted molar refractivity (Wildman–Crippen MR) is 132 cm³/mol. The number of rotatable bonds is 5. The number of hydrazone groups is 1. The van der Waals surface area contributed by atoms with E-state index in [1.165, 1.54) is 0 Å². The normalized spacial score (nSPS) is 13.9. The fourth-order valence-corrected chi connectivity index (χ4v) is 3.79. The lowest BCUT2D eigenvalue weighted by Crippen LogP contribution is -2.26. The molecule has 6 heteroatoms. The first-order valence-electron chi connectivity index (χ1n) is 10.7. The van der Waals surface area contributed by atoms with E-state index in [4.69, 9.17) is 0 Å². The van der Waals surface area contributed by atoms with Crippen LogP contribution in [0.2, 0.25) is 0 Å². The Kier molecular flexibility index (Phi) is 6.01. The van der Waals surface area contributed by atoms with Crippen molar-refractivity contribution in [2.45, 2.75) is 34.4 Å². The fraction of sp³-hybridized carbons (Fsp3) is 0.185. The summed E-state index contributed by atoms with van der Waals surface area (Å²) in [5, 5.41) is 14.7. The average Bonchev–Trinajstić information content (AvgIpc) is 3.05. The van der Waals surface area contributed by atoms with Crippen molar-refractivity contribution in [3.8, 4) is 5.75 Å². The Hall–Kier alpha value is -3.93. The highest BCUT2D eigenvalue weighted by Gasteiger charge is 2.35. The first-order valence-corrected chi connectivity index (χ1v) is 10.7. The number of anilines is 3. The predicted octanol–water partition coefficient (Wildman–Crippen LogP) is 6.40. The van der Waals surface area contributed by atoms with Crippen molar-refractivity contribution in [2.24, 2.45) is 5.10 Å². The Morgan fingerprint density at radius 2 is 1.85 bits per heavy atom. The third-order valence-electron chi connectivity index (χ3n) is 5.63. The summed E-state index contributed by atoms with van der Waals surface area (Å²) in [6.45, 7) is 7.32. The van der Waals surface area contributed by atoms with Gasteiger partial charge in [0.15, 0.2) is 5.71 Å². The zero-order chi connectivity index (χ0) is 23.7. The van der Waals surface area contributed by atoms with E-state index in [1.807, 2.05) is 58.0 Å². The SMILES string of the molecule is CC(C)=Cc1ccc(N/N=C2\C(=O)N(c3ccc(C)c(C)c3)c3cc(CF)ccc32)c(O)c1. The quantitative estimate of drug-likeness (QED) is 0.354. The van der Waals surface area contributed by atoms with Crippen molar-refractivity contribution in [3.05, 3.63) is 88.0 Å². The van der Waals surface area contributed by atoms with E-state index in [2.05, 4.69) is 10.5 Å². The number of phenols is 1. The monoisotopic (exact) mass is 443 g/mol. The van der Waals surface area contributed by atoms with E-state index in [1.54, 1.807) is 35.2 Å². The number of carbonyl (C=O) groups excluding carboxylic acids is 1. The molecule has 0 fully saturated rings. The van der Waals surface area contributed by atoms with Crippen molar-refractivity contribution >= 4 is 34.8 Å². The number of alkyl halides is 1. The van der Waals surface area contributed by atoms with Crippen LogP contribution in [-0.4, -0.2) is 16.7 Å². The molecule has 2 N–H and O–H groups in total. The van der Waals surface area contributed by atoms with Crippen LogP contribution in [0.15, 0.2) is 65.3 Å². The molecule has 168 valence electrons. The lowest BCUT2D eigenvalue weighted by Gasteiger charge is -2.18. The molecular weight excluding hydrogens is 417 g/mol. The second-order valence-electron chi connectivity index (χ2n) is 8.46. The number of fused-ring (bicyclic) bond motifs is 1. The third kappa shape index (κ3) is 4.37. The molecule has 0 aliphatic carbocycles. The van der Waals surface area contributed by atoms with Gasteiger partial charge in [0.2, 0.25) is 0 Å². The standard InChI is InChI=1S/C27H26FN3O2/c1-16(2)11-19-7-10-23(25(32)14-19)29-30-26-22-9-6-20(15-28)13-24(22)31(27(26)33)21-8-5-17(3)18(4)12-21/h5-14,29,32H,15H2,1-4H3/b30-26-. The number of nitrogens with one attached hydrogen (secondary N) is 1. The van der Waals surface area contributed by atoms with Gasteiger partial charge in [0.25, 0.3) is 5.91 Å². The zero-order valence-corrected chi connectivity index (χ0v) is 19.1. The fourth-order valence-electron chi connectivity index (χ4n) is 3.79. The zero-order valence-electron chi connectivity index (χ0n) is 19.1. The highest BCUT2D eigenvalue weighted by Crippen LogP contribution is 2.37. The number of hydrogen-bond donors (Lipinski definition) is 2. The molecule has 4 rings (SSSR count). The van der Waals surface area contributed by atoms with Gasteiger partial charge < -0.3 is 5.11 Å². The molecule has 0 aromatic heterocycles. The topological polar surface area (TPSA) is 64.9 Å². The minimum absolute atomic E-state index is 0.0267. The summed E-state index contributed by atoms with van der Waals surface area (Å²) in [5.41, 5.74) is 9.91. The number of aryl methyl sites for hydroxylation is 2. The van der Waals surface area contributed by atoms with Crippen LogP contribution in [0.25, 0.3) is 6.08 Å². The van der Waals surface area contributed by atoms with Gasteiger partial charge in [-0.3, -0.25) is 15.1 Å². The van der Waals surface area contributed by atoms with Crippen LogP contribution in [0.5, 0.6) is 5.75 Å². The molecule has 0 unspecified atom stereocenters. The lowest BCUT2D eigenvalue weighted by atomic mass is 10.1. The van der Waals surface area contributed by atoms with E-state index >= 15 is 0 Å². The van der Waals surface area contributed by atoms with E-state index in [-0.39, 0.29) is 17.4 Å². The van der Waals surface area contributed by atoms with E-state index < -0.39 is 6.67 Å². The minimum Gasteiger partial charge on any atom is -0.506 e. The van der Waals surface area contributed by atoms with Crippen molar-refractivity contribution in [1.82, 2.24) is 0 Å². The maximum Gasteiger partial charge on any atom is 0.283 e. The van der Waals surface area contributed by atoms with Gasteiger partial charge in [0.05, 0.1) is 11.4 Å². The van der Waals surface area contributed by atoms with Gasteiger partial charge in [-0.25, -0.2) is 4.39 Å². The Morgan fingerprint density at radius 1 is 1.06 bits per heavy atom. The van der Waals surface area contributed by atoms with Crippen LogP contribution in [0.4, 0.5) is 21.5 Å². The molecule has 3 aromatic rings. The number of carbonyl (C=O) groups is 1. The molecule has 0 saturated carbocycles. The van der Waals surface area contributed by atoms with E-state index in [0.717, 1.165) is 22.3 Å². The molecule has 5 nitrogen and oxygen atoms in total. The Balaban J connectivity index is 1.74. The highest BCUT2D eigenvalue weighted by molar-refractivity contribution is 6.55. The number of aromatic hydroxyl groups is 1. The summed E-state index contributed by atoms with van der Waals surface area (Å²) in [6, 6.07) is 16.0. The number of allylic oxidation sites excluding steroid dienone is 1. The summed E-state index contributed by atoms with van der Waals surface area (Å²) in [5.74, 6) is -0.295. The minimum atomic E-state index is -0.626. The van der Waals surface area contributed by atoms with Crippen molar-refractivity contribution in [2.75, 3.05) is 10.3 Å². The number of nitrogens with zero attached hydrogens (tertiary/aromatic N) is 2. The highest BCUT2D eigenvalue weighted by atomic mass is 19.1. The van der Waals surface area contributed by atoms with Gasteiger partial charge in [-0.2, -0.15) is 5.10 Å². The van der Waals surface area contributed by atoms with Crippen LogP contribution in [0.3, 0.4) is 0 Å². The first kappa shape index (κ1) is 22.3. The number of halogens is 1. The molecule has 0 atom stereocenters. The number of hydrogen-bond acceptors (Lipinski definition) is 4. The van der Waals surface area contributed by atoms with Gasteiger partial charge in [-0.1, -0.05) is 35.9 Å². The number of amides is 1. The Bertz CT molecular complexity index is 1310. The van der Waals surface area contributed by atoms with E-state index in [9.17, 15) is 14.3 Å². The maximum atomic E-state index is 13.4. The molecule has 3 aromatic carbocycles. The summed E-state index contributed by atoms with van der Waals surface area (Å²) < 4.78 is 13.4. The van der Waals surface area contributed by atoms with Crippen LogP contribution >= 0.6 is 0 Å².